The number of alkyl halides is 1. The number of halogens is 1. The summed E-state index contributed by atoms with van der Waals surface area (Å²) in [5.74, 6) is 0. The van der Waals surface area contributed by atoms with Gasteiger partial charge in [0.25, 0.3) is 0 Å². The molecule has 0 spiro atoms. The van der Waals surface area contributed by atoms with E-state index in [1.165, 1.54) is 12.8 Å². The Labute approximate surface area is 76.7 Å². The summed E-state index contributed by atoms with van der Waals surface area (Å²) in [5, 5.41) is 0. The Balaban J connectivity index is 2.70. The lowest BCUT2D eigenvalue weighted by atomic mass is 9.86. The minimum Gasteiger partial charge on any atom is -0.374 e. The molecule has 1 nitrogen and oxygen atoms in total. The van der Waals surface area contributed by atoms with E-state index in [1.54, 1.807) is 0 Å². The summed E-state index contributed by atoms with van der Waals surface area (Å²) in [6.07, 6.45) is 2.49. The van der Waals surface area contributed by atoms with E-state index >= 15 is 0 Å². The molecule has 0 saturated carbocycles. The first-order valence-electron chi connectivity index (χ1n) is 3.79. The third kappa shape index (κ3) is 1.47. The summed E-state index contributed by atoms with van der Waals surface area (Å²) in [5.41, 5.74) is 0.0613. The van der Waals surface area contributed by atoms with Gasteiger partial charge < -0.3 is 4.74 Å². The van der Waals surface area contributed by atoms with E-state index in [9.17, 15) is 0 Å². The molecule has 10 heavy (non-hydrogen) atoms. The second-order valence-electron chi connectivity index (χ2n) is 3.66. The minimum atomic E-state index is 0.0613. The van der Waals surface area contributed by atoms with Crippen LogP contribution >= 0.6 is 22.6 Å². The van der Waals surface area contributed by atoms with Crippen LogP contribution in [0.3, 0.4) is 0 Å². The van der Waals surface area contributed by atoms with E-state index in [1.807, 2.05) is 0 Å². The zero-order valence-electron chi connectivity index (χ0n) is 6.91. The molecule has 0 aromatic carbocycles. The summed E-state index contributed by atoms with van der Waals surface area (Å²) in [6.45, 7) is 7.56. The lowest BCUT2D eigenvalue weighted by molar-refractivity contribution is -0.0677. The highest BCUT2D eigenvalue weighted by Gasteiger charge is 2.41. The van der Waals surface area contributed by atoms with Gasteiger partial charge in [-0.1, -0.05) is 22.6 Å². The average molecular weight is 254 g/mol. The summed E-state index contributed by atoms with van der Waals surface area (Å²) in [4.78, 5) is 0. The minimum absolute atomic E-state index is 0.0613. The van der Waals surface area contributed by atoms with Crippen LogP contribution in [0.25, 0.3) is 0 Å². The zero-order chi connectivity index (χ0) is 7.83. The molecule has 0 radical (unpaired) electrons. The highest BCUT2D eigenvalue weighted by molar-refractivity contribution is 14.1. The molecule has 2 heteroatoms. The van der Waals surface area contributed by atoms with Gasteiger partial charge in [-0.15, -0.1) is 0 Å². The van der Waals surface area contributed by atoms with Crippen LogP contribution in [0.15, 0.2) is 0 Å². The summed E-state index contributed by atoms with van der Waals surface area (Å²) in [7, 11) is 0. The van der Waals surface area contributed by atoms with Gasteiger partial charge in [0.1, 0.15) is 0 Å². The number of hydrogen-bond donors (Lipinski definition) is 0. The molecule has 1 heterocycles. The zero-order valence-corrected chi connectivity index (χ0v) is 9.07. The fraction of sp³-hybridized carbons (Fsp3) is 1.00. The SMILES string of the molecule is CC1(I)CCCOC1(C)C. The molecular weight excluding hydrogens is 239 g/mol. The van der Waals surface area contributed by atoms with Crippen LogP contribution in [0.4, 0.5) is 0 Å². The first kappa shape index (κ1) is 8.78. The predicted molar refractivity (Wildman–Crippen MR) is 51.7 cm³/mol. The van der Waals surface area contributed by atoms with Gasteiger partial charge >= 0.3 is 0 Å². The third-order valence-corrected chi connectivity index (χ3v) is 4.35. The monoisotopic (exact) mass is 254 g/mol. The summed E-state index contributed by atoms with van der Waals surface area (Å²) in [6, 6.07) is 0. The van der Waals surface area contributed by atoms with Gasteiger partial charge in [-0.3, -0.25) is 0 Å². The highest BCUT2D eigenvalue weighted by Crippen LogP contribution is 2.41. The van der Waals surface area contributed by atoms with Crippen LogP contribution in [0.2, 0.25) is 0 Å². The molecular formula is C8H15IO. The number of hydrogen-bond acceptors (Lipinski definition) is 1. The van der Waals surface area contributed by atoms with Crippen molar-refractivity contribution < 1.29 is 4.74 Å². The first-order chi connectivity index (χ1) is 4.46. The van der Waals surface area contributed by atoms with Crippen molar-refractivity contribution in [3.63, 3.8) is 0 Å². The summed E-state index contributed by atoms with van der Waals surface area (Å²) >= 11 is 2.51. The molecule has 1 aliphatic heterocycles. The maximum atomic E-state index is 5.67. The Hall–Kier alpha value is 0.690. The van der Waals surface area contributed by atoms with Crippen molar-refractivity contribution in [3.05, 3.63) is 0 Å². The van der Waals surface area contributed by atoms with Crippen LogP contribution in [0.5, 0.6) is 0 Å². The fourth-order valence-corrected chi connectivity index (χ4v) is 1.72. The smallest absolute Gasteiger partial charge is 0.0768 e. The van der Waals surface area contributed by atoms with Gasteiger partial charge in [0, 0.05) is 10.0 Å². The van der Waals surface area contributed by atoms with E-state index in [2.05, 4.69) is 43.4 Å². The van der Waals surface area contributed by atoms with Crippen molar-refractivity contribution in [2.45, 2.75) is 42.6 Å². The lowest BCUT2D eigenvalue weighted by Crippen LogP contribution is -2.48. The Kier molecular flexibility index (Phi) is 2.31. The van der Waals surface area contributed by atoms with Crippen molar-refractivity contribution in [3.8, 4) is 0 Å². The van der Waals surface area contributed by atoms with Crippen molar-refractivity contribution in [1.29, 1.82) is 0 Å². The molecule has 0 amide bonds. The normalized spacial score (nSPS) is 39.6. The molecule has 0 N–H and O–H groups in total. The Morgan fingerprint density at radius 1 is 1.30 bits per heavy atom. The second-order valence-corrected chi connectivity index (χ2v) is 6.04. The molecule has 0 bridgehead atoms. The topological polar surface area (TPSA) is 9.23 Å². The maximum Gasteiger partial charge on any atom is 0.0768 e. The standard InChI is InChI=1S/C8H15IO/c1-7(2)8(3,9)5-4-6-10-7/h4-6H2,1-3H3. The van der Waals surface area contributed by atoms with Gasteiger partial charge in [0.2, 0.25) is 0 Å². The molecule has 60 valence electrons. The van der Waals surface area contributed by atoms with Gasteiger partial charge in [0.05, 0.1) is 5.60 Å². The molecule has 1 aliphatic rings. The van der Waals surface area contributed by atoms with E-state index < -0.39 is 0 Å². The van der Waals surface area contributed by atoms with Gasteiger partial charge in [-0.2, -0.15) is 0 Å². The highest BCUT2D eigenvalue weighted by atomic mass is 127. The molecule has 1 atom stereocenters. The van der Waals surface area contributed by atoms with E-state index in [0.717, 1.165) is 6.61 Å². The van der Waals surface area contributed by atoms with Crippen LogP contribution in [-0.4, -0.2) is 15.6 Å². The molecule has 0 aromatic rings. The van der Waals surface area contributed by atoms with E-state index in [-0.39, 0.29) is 5.60 Å². The quantitative estimate of drug-likeness (QED) is 0.477. The average Bonchev–Trinajstić information content (AvgIpc) is 1.77. The predicted octanol–water partition coefficient (Wildman–Crippen LogP) is 2.77. The fourth-order valence-electron chi connectivity index (χ4n) is 1.18. The Bertz CT molecular complexity index is 113. The lowest BCUT2D eigenvalue weighted by Gasteiger charge is -2.43. The van der Waals surface area contributed by atoms with Gasteiger partial charge in [0.15, 0.2) is 0 Å². The Morgan fingerprint density at radius 2 is 1.90 bits per heavy atom. The Morgan fingerprint density at radius 3 is 2.20 bits per heavy atom. The molecule has 1 saturated heterocycles. The van der Waals surface area contributed by atoms with E-state index in [0.29, 0.717) is 3.42 Å². The van der Waals surface area contributed by atoms with Crippen molar-refractivity contribution in [2.24, 2.45) is 0 Å². The molecule has 0 aliphatic carbocycles. The van der Waals surface area contributed by atoms with Crippen LogP contribution in [-0.2, 0) is 4.74 Å². The molecule has 0 aromatic heterocycles. The molecule has 1 rings (SSSR count). The summed E-state index contributed by atoms with van der Waals surface area (Å²) < 4.78 is 6.00. The van der Waals surface area contributed by atoms with Crippen LogP contribution in [0.1, 0.15) is 33.6 Å². The molecule has 1 unspecified atom stereocenters. The van der Waals surface area contributed by atoms with Crippen LogP contribution < -0.4 is 0 Å². The maximum absolute atomic E-state index is 5.67. The van der Waals surface area contributed by atoms with Gasteiger partial charge in [-0.05, 0) is 33.6 Å². The van der Waals surface area contributed by atoms with Crippen molar-refractivity contribution >= 4 is 22.6 Å². The first-order valence-corrected chi connectivity index (χ1v) is 4.86. The van der Waals surface area contributed by atoms with Crippen LogP contribution in [0, 0.1) is 0 Å². The number of rotatable bonds is 0. The largest absolute Gasteiger partial charge is 0.374 e. The van der Waals surface area contributed by atoms with E-state index in [4.69, 9.17) is 4.74 Å². The third-order valence-electron chi connectivity index (χ3n) is 2.51. The number of ether oxygens (including phenoxy) is 1. The van der Waals surface area contributed by atoms with Gasteiger partial charge in [-0.25, -0.2) is 0 Å². The van der Waals surface area contributed by atoms with Crippen molar-refractivity contribution in [1.82, 2.24) is 0 Å². The molecule has 1 fully saturated rings. The van der Waals surface area contributed by atoms with Crippen molar-refractivity contribution in [2.75, 3.05) is 6.61 Å². The second kappa shape index (κ2) is 2.63.